The quantitative estimate of drug-likeness (QED) is 0.347. The molecule has 0 aliphatic heterocycles. The molecule has 0 unspecified atom stereocenters. The molecule has 0 saturated carbocycles. The average molecular weight is 303 g/mol. The van der Waals surface area contributed by atoms with Crippen molar-refractivity contribution in [2.24, 2.45) is 16.3 Å². The van der Waals surface area contributed by atoms with Crippen LogP contribution in [-0.2, 0) is 11.0 Å². The molecule has 0 aliphatic carbocycles. The first kappa shape index (κ1) is 16.8. The smallest absolute Gasteiger partial charge is 0.409 e. The van der Waals surface area contributed by atoms with Crippen LogP contribution < -0.4 is 11.1 Å². The zero-order chi connectivity index (χ0) is 16.4. The van der Waals surface area contributed by atoms with Gasteiger partial charge in [-0.05, 0) is 38.5 Å². The number of oxime groups is 1. The molecule has 0 spiro atoms. The number of rotatable bonds is 3. The number of amidine groups is 1. The van der Waals surface area contributed by atoms with Gasteiger partial charge in [0.1, 0.15) is 5.41 Å². The normalized spacial score (nSPS) is 13.1. The van der Waals surface area contributed by atoms with Crippen LogP contribution in [-0.4, -0.2) is 17.0 Å². The van der Waals surface area contributed by atoms with Gasteiger partial charge in [-0.25, -0.2) is 0 Å². The first-order chi connectivity index (χ1) is 9.50. The van der Waals surface area contributed by atoms with Crippen LogP contribution in [0.4, 0.5) is 18.9 Å². The maximum atomic E-state index is 12.7. The molecule has 0 bridgehead atoms. The van der Waals surface area contributed by atoms with Crippen molar-refractivity contribution in [3.63, 3.8) is 0 Å². The Bertz CT molecular complexity index is 581. The minimum Gasteiger partial charge on any atom is -0.409 e. The van der Waals surface area contributed by atoms with Crippen LogP contribution in [0.15, 0.2) is 23.4 Å². The Morgan fingerprint density at radius 1 is 1.33 bits per heavy atom. The van der Waals surface area contributed by atoms with Gasteiger partial charge in [-0.3, -0.25) is 4.79 Å². The van der Waals surface area contributed by atoms with Gasteiger partial charge in [-0.2, -0.15) is 13.2 Å². The summed E-state index contributed by atoms with van der Waals surface area (Å²) in [5.41, 5.74) is 3.65. The number of hydrogen-bond donors (Lipinski definition) is 3. The number of anilines is 1. The standard InChI is InChI=1S/C13H16F3N3O2/c1-7-4-5-8(13(14,15)16)6-9(7)18-11(20)12(2,3)10(17)19-21/h4-6,21H,1-3H3,(H2,17,19)(H,18,20). The molecule has 0 heterocycles. The lowest BCUT2D eigenvalue weighted by Gasteiger charge is -2.22. The van der Waals surface area contributed by atoms with Gasteiger partial charge in [0.25, 0.3) is 0 Å². The molecule has 1 aromatic rings. The predicted octanol–water partition coefficient (Wildman–Crippen LogP) is 2.72. The molecular weight excluding hydrogens is 287 g/mol. The van der Waals surface area contributed by atoms with Crippen molar-refractivity contribution in [1.29, 1.82) is 0 Å². The molecule has 0 atom stereocenters. The topological polar surface area (TPSA) is 87.7 Å². The molecule has 0 saturated heterocycles. The molecule has 5 nitrogen and oxygen atoms in total. The van der Waals surface area contributed by atoms with Crippen LogP contribution in [0.3, 0.4) is 0 Å². The molecule has 4 N–H and O–H groups in total. The molecule has 1 amide bonds. The maximum Gasteiger partial charge on any atom is 0.416 e. The lowest BCUT2D eigenvalue weighted by Crippen LogP contribution is -2.42. The highest BCUT2D eigenvalue weighted by molar-refractivity contribution is 6.11. The molecule has 8 heteroatoms. The average Bonchev–Trinajstić information content (AvgIpc) is 2.38. The highest BCUT2D eigenvalue weighted by Gasteiger charge is 2.34. The lowest BCUT2D eigenvalue weighted by molar-refractivity contribution is -0.137. The molecule has 0 aromatic heterocycles. The van der Waals surface area contributed by atoms with Crippen molar-refractivity contribution in [2.45, 2.75) is 26.9 Å². The zero-order valence-electron chi connectivity index (χ0n) is 11.7. The third kappa shape index (κ3) is 3.65. The minimum absolute atomic E-state index is 0.0219. The highest BCUT2D eigenvalue weighted by Crippen LogP contribution is 2.32. The third-order valence-corrected chi connectivity index (χ3v) is 3.13. The number of halogens is 3. The highest BCUT2D eigenvalue weighted by atomic mass is 19.4. The van der Waals surface area contributed by atoms with Gasteiger partial charge in [0, 0.05) is 5.69 Å². The summed E-state index contributed by atoms with van der Waals surface area (Å²) < 4.78 is 38.0. The number of amides is 1. The Labute approximate surface area is 119 Å². The molecule has 0 aliphatic rings. The Morgan fingerprint density at radius 3 is 2.38 bits per heavy atom. The number of aryl methyl sites for hydroxylation is 1. The second-order valence-electron chi connectivity index (χ2n) is 5.09. The fourth-order valence-electron chi connectivity index (χ4n) is 1.45. The summed E-state index contributed by atoms with van der Waals surface area (Å²) in [4.78, 5) is 12.1. The van der Waals surface area contributed by atoms with Crippen LogP contribution in [0, 0.1) is 12.3 Å². The second-order valence-corrected chi connectivity index (χ2v) is 5.09. The summed E-state index contributed by atoms with van der Waals surface area (Å²) in [7, 11) is 0. The Balaban J connectivity index is 3.11. The van der Waals surface area contributed by atoms with Gasteiger partial charge >= 0.3 is 6.18 Å². The molecule has 21 heavy (non-hydrogen) atoms. The van der Waals surface area contributed by atoms with Crippen molar-refractivity contribution in [1.82, 2.24) is 0 Å². The predicted molar refractivity (Wildman–Crippen MR) is 72.0 cm³/mol. The first-order valence-electron chi connectivity index (χ1n) is 5.97. The second kappa shape index (κ2) is 5.63. The monoisotopic (exact) mass is 303 g/mol. The van der Waals surface area contributed by atoms with Crippen LogP contribution in [0.25, 0.3) is 0 Å². The van der Waals surface area contributed by atoms with Crippen LogP contribution in [0.1, 0.15) is 25.0 Å². The lowest BCUT2D eigenvalue weighted by atomic mass is 9.90. The van der Waals surface area contributed by atoms with E-state index in [0.717, 1.165) is 12.1 Å². The number of alkyl halides is 3. The Kier molecular flexibility index (Phi) is 4.50. The van der Waals surface area contributed by atoms with Crippen molar-refractivity contribution < 1.29 is 23.2 Å². The van der Waals surface area contributed by atoms with E-state index in [1.54, 1.807) is 6.92 Å². The fourth-order valence-corrected chi connectivity index (χ4v) is 1.45. The van der Waals surface area contributed by atoms with Crippen LogP contribution in [0.5, 0.6) is 0 Å². The summed E-state index contributed by atoms with van der Waals surface area (Å²) in [5.74, 6) is -1.02. The van der Waals surface area contributed by atoms with Crippen molar-refractivity contribution in [3.8, 4) is 0 Å². The number of carbonyl (C=O) groups excluding carboxylic acids is 1. The van der Waals surface area contributed by atoms with Crippen molar-refractivity contribution >= 4 is 17.4 Å². The largest absolute Gasteiger partial charge is 0.416 e. The van der Waals surface area contributed by atoms with Gasteiger partial charge < -0.3 is 16.3 Å². The van der Waals surface area contributed by atoms with Gasteiger partial charge in [-0.1, -0.05) is 11.2 Å². The van der Waals surface area contributed by atoms with Gasteiger partial charge in [0.05, 0.1) is 5.56 Å². The molecular formula is C13H16F3N3O2. The number of nitrogens with zero attached hydrogens (tertiary/aromatic N) is 1. The zero-order valence-corrected chi connectivity index (χ0v) is 11.7. The van der Waals surface area contributed by atoms with Gasteiger partial charge in [0.2, 0.25) is 5.91 Å². The van der Waals surface area contributed by atoms with E-state index in [0.29, 0.717) is 5.56 Å². The Morgan fingerprint density at radius 2 is 1.90 bits per heavy atom. The minimum atomic E-state index is -4.51. The number of benzene rings is 1. The summed E-state index contributed by atoms with van der Waals surface area (Å²) in [6, 6.07) is 3.03. The van der Waals surface area contributed by atoms with E-state index < -0.39 is 23.1 Å². The summed E-state index contributed by atoms with van der Waals surface area (Å²) in [5, 5.41) is 13.7. The number of carbonyl (C=O) groups is 1. The first-order valence-corrected chi connectivity index (χ1v) is 5.97. The molecule has 116 valence electrons. The number of hydrogen-bond acceptors (Lipinski definition) is 3. The van der Waals surface area contributed by atoms with E-state index in [1.165, 1.54) is 19.9 Å². The number of nitrogens with two attached hydrogens (primary N) is 1. The molecule has 0 fully saturated rings. The van der Waals surface area contributed by atoms with E-state index >= 15 is 0 Å². The number of nitrogens with one attached hydrogen (secondary N) is 1. The third-order valence-electron chi connectivity index (χ3n) is 3.13. The SMILES string of the molecule is Cc1ccc(C(F)(F)F)cc1NC(=O)C(C)(C)C(N)=NO. The van der Waals surface area contributed by atoms with E-state index in [-0.39, 0.29) is 11.5 Å². The Hall–Kier alpha value is -2.25. The summed E-state index contributed by atoms with van der Waals surface area (Å²) in [6.45, 7) is 4.34. The fraction of sp³-hybridized carbons (Fsp3) is 0.385. The van der Waals surface area contributed by atoms with E-state index in [4.69, 9.17) is 10.9 Å². The molecule has 1 rings (SSSR count). The van der Waals surface area contributed by atoms with Crippen molar-refractivity contribution in [3.05, 3.63) is 29.3 Å². The van der Waals surface area contributed by atoms with E-state index in [1.807, 2.05) is 0 Å². The van der Waals surface area contributed by atoms with Gasteiger partial charge in [0.15, 0.2) is 5.84 Å². The summed E-state index contributed by atoms with van der Waals surface area (Å²) in [6.07, 6.45) is -4.51. The van der Waals surface area contributed by atoms with E-state index in [2.05, 4.69) is 10.5 Å². The van der Waals surface area contributed by atoms with Crippen LogP contribution in [0.2, 0.25) is 0 Å². The maximum absolute atomic E-state index is 12.7. The summed E-state index contributed by atoms with van der Waals surface area (Å²) >= 11 is 0. The van der Waals surface area contributed by atoms with E-state index in [9.17, 15) is 18.0 Å². The molecule has 1 aromatic carbocycles. The van der Waals surface area contributed by atoms with Gasteiger partial charge in [-0.15, -0.1) is 0 Å². The van der Waals surface area contributed by atoms with Crippen molar-refractivity contribution in [2.75, 3.05) is 5.32 Å². The molecule has 0 radical (unpaired) electrons. The van der Waals surface area contributed by atoms with Crippen LogP contribution >= 0.6 is 0 Å².